The Labute approximate surface area is 148 Å². The molecule has 22 heavy (non-hydrogen) atoms. The molecule has 2 aromatic rings. The van der Waals surface area contributed by atoms with Crippen LogP contribution in [0.4, 0.5) is 5.69 Å². The van der Waals surface area contributed by atoms with Crippen molar-refractivity contribution in [3.8, 4) is 0 Å². The maximum absolute atomic E-state index is 12.3. The number of halogens is 2. The van der Waals surface area contributed by atoms with E-state index in [0.29, 0.717) is 5.02 Å². The topological polar surface area (TPSA) is 29.1 Å². The molecule has 0 saturated carbocycles. The molecule has 0 spiro atoms. The Morgan fingerprint density at radius 3 is 2.82 bits per heavy atom. The highest BCUT2D eigenvalue weighted by molar-refractivity contribution is 9.10. The number of nitrogens with one attached hydrogen (secondary N) is 1. The quantitative estimate of drug-likeness (QED) is 0.703. The van der Waals surface area contributed by atoms with E-state index >= 15 is 0 Å². The van der Waals surface area contributed by atoms with Gasteiger partial charge in [-0.05, 0) is 49.2 Å². The summed E-state index contributed by atoms with van der Waals surface area (Å²) in [4.78, 5) is 12.3. The minimum atomic E-state index is -0.141. The van der Waals surface area contributed by atoms with Gasteiger partial charge in [0.25, 0.3) is 0 Å². The Kier molecular flexibility index (Phi) is 6.36. The van der Waals surface area contributed by atoms with Crippen LogP contribution >= 0.6 is 39.3 Å². The fourth-order valence-electron chi connectivity index (χ4n) is 1.89. The highest BCUT2D eigenvalue weighted by Gasteiger charge is 2.14. The van der Waals surface area contributed by atoms with Gasteiger partial charge >= 0.3 is 0 Å². The second kappa shape index (κ2) is 8.04. The van der Waals surface area contributed by atoms with Gasteiger partial charge in [0, 0.05) is 20.9 Å². The van der Waals surface area contributed by atoms with E-state index in [9.17, 15) is 4.79 Å². The van der Waals surface area contributed by atoms with Gasteiger partial charge in [-0.2, -0.15) is 0 Å². The van der Waals surface area contributed by atoms with Crippen LogP contribution in [-0.2, 0) is 10.5 Å². The molecular formula is C17H17BrClNOS. The fourth-order valence-corrected chi connectivity index (χ4v) is 3.34. The molecule has 1 amide bonds. The van der Waals surface area contributed by atoms with Crippen molar-refractivity contribution in [2.24, 2.45) is 0 Å². The third-order valence-corrected chi connectivity index (χ3v) is 5.16. The molecule has 0 radical (unpaired) electrons. The maximum atomic E-state index is 12.3. The van der Waals surface area contributed by atoms with E-state index < -0.39 is 0 Å². The SMILES string of the molecule is Cc1ccc(Cl)cc1NC(=O)C(C)SCc1cccc(Br)c1. The van der Waals surface area contributed by atoms with Gasteiger partial charge in [-0.25, -0.2) is 0 Å². The number of amides is 1. The van der Waals surface area contributed by atoms with Crippen molar-refractivity contribution in [1.82, 2.24) is 0 Å². The van der Waals surface area contributed by atoms with Gasteiger partial charge in [-0.15, -0.1) is 11.8 Å². The predicted molar refractivity (Wildman–Crippen MR) is 99.7 cm³/mol. The standard InChI is InChI=1S/C17H17BrClNOS/c1-11-6-7-15(19)9-16(11)20-17(21)12(2)22-10-13-4-3-5-14(18)8-13/h3-9,12H,10H2,1-2H3,(H,20,21). The lowest BCUT2D eigenvalue weighted by molar-refractivity contribution is -0.115. The van der Waals surface area contributed by atoms with Crippen molar-refractivity contribution in [3.63, 3.8) is 0 Å². The molecule has 0 aliphatic carbocycles. The zero-order valence-corrected chi connectivity index (χ0v) is 15.6. The predicted octanol–water partition coefficient (Wildman–Crippen LogP) is 5.67. The van der Waals surface area contributed by atoms with Crippen molar-refractivity contribution in [3.05, 3.63) is 63.1 Å². The Hall–Kier alpha value is -0.970. The van der Waals surface area contributed by atoms with E-state index in [1.54, 1.807) is 17.8 Å². The number of thioether (sulfide) groups is 1. The molecule has 0 bridgehead atoms. The number of aryl methyl sites for hydroxylation is 1. The number of carbonyl (C=O) groups excluding carboxylic acids is 1. The van der Waals surface area contributed by atoms with E-state index in [4.69, 9.17) is 11.6 Å². The molecule has 2 aromatic carbocycles. The van der Waals surface area contributed by atoms with E-state index in [0.717, 1.165) is 21.5 Å². The first-order chi connectivity index (χ1) is 10.5. The lowest BCUT2D eigenvalue weighted by Gasteiger charge is -2.14. The monoisotopic (exact) mass is 397 g/mol. The summed E-state index contributed by atoms with van der Waals surface area (Å²) in [6.07, 6.45) is 0. The summed E-state index contributed by atoms with van der Waals surface area (Å²) in [7, 11) is 0. The average molecular weight is 399 g/mol. The molecule has 1 atom stereocenters. The van der Waals surface area contributed by atoms with Crippen molar-refractivity contribution in [2.75, 3.05) is 5.32 Å². The first-order valence-corrected chi connectivity index (χ1v) is 9.11. The minimum Gasteiger partial charge on any atom is -0.325 e. The molecule has 0 fully saturated rings. The lowest BCUT2D eigenvalue weighted by atomic mass is 10.2. The van der Waals surface area contributed by atoms with Crippen LogP contribution in [0.25, 0.3) is 0 Å². The van der Waals surface area contributed by atoms with Crippen LogP contribution in [0.5, 0.6) is 0 Å². The van der Waals surface area contributed by atoms with Crippen molar-refractivity contribution in [2.45, 2.75) is 24.9 Å². The van der Waals surface area contributed by atoms with Gasteiger partial charge in [-0.1, -0.05) is 45.7 Å². The molecule has 1 unspecified atom stereocenters. The van der Waals surface area contributed by atoms with Crippen molar-refractivity contribution in [1.29, 1.82) is 0 Å². The van der Waals surface area contributed by atoms with Crippen LogP contribution in [0.15, 0.2) is 46.9 Å². The van der Waals surface area contributed by atoms with Crippen LogP contribution in [0.1, 0.15) is 18.1 Å². The molecule has 116 valence electrons. The normalized spacial score (nSPS) is 12.0. The Bertz CT molecular complexity index is 677. The van der Waals surface area contributed by atoms with E-state index in [-0.39, 0.29) is 11.2 Å². The molecule has 0 aliphatic heterocycles. The number of carbonyl (C=O) groups is 1. The highest BCUT2D eigenvalue weighted by atomic mass is 79.9. The molecule has 1 N–H and O–H groups in total. The summed E-state index contributed by atoms with van der Waals surface area (Å²) in [5.41, 5.74) is 2.97. The first-order valence-electron chi connectivity index (χ1n) is 6.89. The van der Waals surface area contributed by atoms with Gasteiger partial charge < -0.3 is 5.32 Å². The van der Waals surface area contributed by atoms with E-state index in [1.807, 2.05) is 38.1 Å². The number of rotatable bonds is 5. The highest BCUT2D eigenvalue weighted by Crippen LogP contribution is 2.24. The van der Waals surface area contributed by atoms with E-state index in [2.05, 4.69) is 33.4 Å². The van der Waals surface area contributed by atoms with Gasteiger partial charge in [0.15, 0.2) is 0 Å². The largest absolute Gasteiger partial charge is 0.325 e. The third kappa shape index (κ3) is 5.04. The fraction of sp³-hybridized carbons (Fsp3) is 0.235. The minimum absolute atomic E-state index is 0.00892. The molecule has 0 aromatic heterocycles. The molecule has 0 saturated heterocycles. The summed E-state index contributed by atoms with van der Waals surface area (Å²) in [6, 6.07) is 13.6. The second-order valence-corrected chi connectivity index (χ2v) is 7.71. The number of hydrogen-bond acceptors (Lipinski definition) is 2. The second-order valence-electron chi connectivity index (χ2n) is 5.03. The summed E-state index contributed by atoms with van der Waals surface area (Å²) < 4.78 is 1.05. The number of anilines is 1. The Balaban J connectivity index is 1.93. The third-order valence-electron chi connectivity index (χ3n) is 3.22. The van der Waals surface area contributed by atoms with Crippen LogP contribution in [-0.4, -0.2) is 11.2 Å². The van der Waals surface area contributed by atoms with Gasteiger partial charge in [0.05, 0.1) is 5.25 Å². The summed E-state index contributed by atoms with van der Waals surface area (Å²) in [5, 5.41) is 3.42. The van der Waals surface area contributed by atoms with E-state index in [1.165, 1.54) is 5.56 Å². The summed E-state index contributed by atoms with van der Waals surface area (Å²) >= 11 is 11.0. The summed E-state index contributed by atoms with van der Waals surface area (Å²) in [6.45, 7) is 3.86. The van der Waals surface area contributed by atoms with Crippen molar-refractivity contribution < 1.29 is 4.79 Å². The Morgan fingerprint density at radius 1 is 1.32 bits per heavy atom. The lowest BCUT2D eigenvalue weighted by Crippen LogP contribution is -2.23. The molecule has 5 heteroatoms. The van der Waals surface area contributed by atoms with Gasteiger partial charge in [0.1, 0.15) is 0 Å². The molecule has 2 nitrogen and oxygen atoms in total. The Morgan fingerprint density at radius 2 is 2.09 bits per heavy atom. The molecular weight excluding hydrogens is 382 g/mol. The smallest absolute Gasteiger partial charge is 0.237 e. The maximum Gasteiger partial charge on any atom is 0.237 e. The summed E-state index contributed by atoms with van der Waals surface area (Å²) in [5.74, 6) is 0.785. The first kappa shape index (κ1) is 17.4. The number of benzene rings is 2. The molecule has 0 heterocycles. The van der Waals surface area contributed by atoms with Crippen LogP contribution in [0.2, 0.25) is 5.02 Å². The number of hydrogen-bond donors (Lipinski definition) is 1. The van der Waals surface area contributed by atoms with Crippen LogP contribution < -0.4 is 5.32 Å². The van der Waals surface area contributed by atoms with Crippen LogP contribution in [0, 0.1) is 6.92 Å². The van der Waals surface area contributed by atoms with Crippen molar-refractivity contribution >= 4 is 50.9 Å². The molecule has 2 rings (SSSR count). The zero-order valence-electron chi connectivity index (χ0n) is 12.4. The zero-order chi connectivity index (χ0) is 16.1. The van der Waals surface area contributed by atoms with Crippen LogP contribution in [0.3, 0.4) is 0 Å². The van der Waals surface area contributed by atoms with Gasteiger partial charge in [0.2, 0.25) is 5.91 Å². The average Bonchev–Trinajstić information content (AvgIpc) is 2.48. The molecule has 0 aliphatic rings. The van der Waals surface area contributed by atoms with Gasteiger partial charge in [-0.3, -0.25) is 4.79 Å².